The van der Waals surface area contributed by atoms with E-state index in [2.05, 4.69) is 22.2 Å². The molecule has 14 heavy (non-hydrogen) atoms. The minimum atomic E-state index is 0.621. The maximum atomic E-state index is 5.02. The van der Waals surface area contributed by atoms with E-state index < -0.39 is 0 Å². The summed E-state index contributed by atoms with van der Waals surface area (Å²) in [5.41, 5.74) is 0.968. The van der Waals surface area contributed by atoms with Crippen LogP contribution in [0.15, 0.2) is 37.1 Å². The standard InChI is InChI=1S/C10H13N3S/c1-2-6-12-10(14)13-8-9-5-3-4-7-11-9/h2-5,7H,1,6,8H2,(H2,12,13,14). The van der Waals surface area contributed by atoms with Crippen molar-refractivity contribution >= 4 is 17.3 Å². The van der Waals surface area contributed by atoms with Crippen LogP contribution in [0, 0.1) is 0 Å². The number of thiocarbonyl (C=S) groups is 1. The maximum Gasteiger partial charge on any atom is 0.166 e. The molecule has 0 spiro atoms. The first-order chi connectivity index (χ1) is 6.83. The number of nitrogens with zero attached hydrogens (tertiary/aromatic N) is 1. The summed E-state index contributed by atoms with van der Waals surface area (Å²) in [5, 5.41) is 6.64. The van der Waals surface area contributed by atoms with Crippen LogP contribution in [0.5, 0.6) is 0 Å². The Hall–Kier alpha value is -1.42. The van der Waals surface area contributed by atoms with E-state index in [0.717, 1.165) is 5.69 Å². The molecule has 0 amide bonds. The Bertz CT molecular complexity index is 297. The zero-order valence-corrected chi connectivity index (χ0v) is 8.68. The second kappa shape index (κ2) is 6.10. The predicted molar refractivity (Wildman–Crippen MR) is 61.9 cm³/mol. The summed E-state index contributed by atoms with van der Waals surface area (Å²) >= 11 is 5.02. The lowest BCUT2D eigenvalue weighted by Crippen LogP contribution is -2.34. The number of pyridine rings is 1. The second-order valence-electron chi connectivity index (χ2n) is 2.67. The number of rotatable bonds is 4. The first-order valence-corrected chi connectivity index (χ1v) is 4.76. The van der Waals surface area contributed by atoms with E-state index in [1.165, 1.54) is 0 Å². The molecule has 0 saturated heterocycles. The van der Waals surface area contributed by atoms with Crippen LogP contribution >= 0.6 is 12.2 Å². The van der Waals surface area contributed by atoms with Gasteiger partial charge in [0.15, 0.2) is 5.11 Å². The van der Waals surface area contributed by atoms with Crippen molar-refractivity contribution < 1.29 is 0 Å². The van der Waals surface area contributed by atoms with Gasteiger partial charge in [-0.15, -0.1) is 6.58 Å². The van der Waals surface area contributed by atoms with Gasteiger partial charge < -0.3 is 10.6 Å². The molecule has 0 fully saturated rings. The van der Waals surface area contributed by atoms with Crippen molar-refractivity contribution in [3.8, 4) is 0 Å². The van der Waals surface area contributed by atoms with Gasteiger partial charge in [0.05, 0.1) is 12.2 Å². The molecule has 0 aliphatic rings. The van der Waals surface area contributed by atoms with Gasteiger partial charge in [0.25, 0.3) is 0 Å². The Labute approximate surface area is 89.2 Å². The van der Waals surface area contributed by atoms with E-state index in [0.29, 0.717) is 18.2 Å². The molecule has 0 unspecified atom stereocenters. The Morgan fingerprint density at radius 2 is 2.36 bits per heavy atom. The lowest BCUT2D eigenvalue weighted by Gasteiger charge is -2.07. The third kappa shape index (κ3) is 4.00. The van der Waals surface area contributed by atoms with Crippen LogP contribution in [-0.4, -0.2) is 16.6 Å². The van der Waals surface area contributed by atoms with Gasteiger partial charge in [0, 0.05) is 12.7 Å². The molecule has 74 valence electrons. The Morgan fingerprint density at radius 3 is 3.00 bits per heavy atom. The number of nitrogens with one attached hydrogen (secondary N) is 2. The predicted octanol–water partition coefficient (Wildman–Crippen LogP) is 1.23. The summed E-state index contributed by atoms with van der Waals surface area (Å²) in [7, 11) is 0. The highest BCUT2D eigenvalue weighted by atomic mass is 32.1. The fraction of sp³-hybridized carbons (Fsp3) is 0.200. The summed E-state index contributed by atoms with van der Waals surface area (Å²) < 4.78 is 0. The summed E-state index contributed by atoms with van der Waals surface area (Å²) in [6, 6.07) is 5.78. The lowest BCUT2D eigenvalue weighted by atomic mass is 10.3. The molecule has 1 aromatic rings. The van der Waals surface area contributed by atoms with Gasteiger partial charge in [-0.05, 0) is 24.4 Å². The molecule has 0 radical (unpaired) electrons. The maximum absolute atomic E-state index is 5.02. The minimum Gasteiger partial charge on any atom is -0.359 e. The van der Waals surface area contributed by atoms with Gasteiger partial charge in [-0.3, -0.25) is 4.98 Å². The highest BCUT2D eigenvalue weighted by Crippen LogP contribution is 1.91. The number of hydrogen-bond donors (Lipinski definition) is 2. The van der Waals surface area contributed by atoms with E-state index in [4.69, 9.17) is 12.2 Å². The van der Waals surface area contributed by atoms with Crippen molar-refractivity contribution in [1.29, 1.82) is 0 Å². The normalized spacial score (nSPS) is 9.14. The van der Waals surface area contributed by atoms with Crippen LogP contribution in [0.1, 0.15) is 5.69 Å². The van der Waals surface area contributed by atoms with E-state index in [-0.39, 0.29) is 0 Å². The van der Waals surface area contributed by atoms with E-state index >= 15 is 0 Å². The molecule has 2 N–H and O–H groups in total. The van der Waals surface area contributed by atoms with Gasteiger partial charge >= 0.3 is 0 Å². The molecule has 0 saturated carbocycles. The SMILES string of the molecule is C=CCNC(=S)NCc1ccccn1. The third-order valence-electron chi connectivity index (χ3n) is 1.56. The average molecular weight is 207 g/mol. The van der Waals surface area contributed by atoms with Gasteiger partial charge in [0.2, 0.25) is 0 Å². The van der Waals surface area contributed by atoms with Gasteiger partial charge in [-0.2, -0.15) is 0 Å². The highest BCUT2D eigenvalue weighted by Gasteiger charge is 1.94. The molecule has 1 heterocycles. The summed E-state index contributed by atoms with van der Waals surface area (Å²) in [4.78, 5) is 4.16. The van der Waals surface area contributed by atoms with Crippen molar-refractivity contribution in [3.05, 3.63) is 42.7 Å². The van der Waals surface area contributed by atoms with Crippen LogP contribution in [0.25, 0.3) is 0 Å². The van der Waals surface area contributed by atoms with Crippen molar-refractivity contribution in [2.24, 2.45) is 0 Å². The summed E-state index contributed by atoms with van der Waals surface area (Å²) in [5.74, 6) is 0. The topological polar surface area (TPSA) is 37.0 Å². The van der Waals surface area contributed by atoms with Crippen molar-refractivity contribution in [2.45, 2.75) is 6.54 Å². The molecule has 1 rings (SSSR count). The largest absolute Gasteiger partial charge is 0.359 e. The fourth-order valence-corrected chi connectivity index (χ4v) is 1.06. The zero-order chi connectivity index (χ0) is 10.2. The molecule has 0 aliphatic heterocycles. The van der Waals surface area contributed by atoms with E-state index in [9.17, 15) is 0 Å². The molecule has 0 bridgehead atoms. The van der Waals surface area contributed by atoms with Gasteiger partial charge in [-0.25, -0.2) is 0 Å². The second-order valence-corrected chi connectivity index (χ2v) is 3.08. The molecule has 0 atom stereocenters. The zero-order valence-electron chi connectivity index (χ0n) is 7.86. The average Bonchev–Trinajstić information content (AvgIpc) is 2.25. The van der Waals surface area contributed by atoms with Gasteiger partial charge in [-0.1, -0.05) is 12.1 Å². The summed E-state index contributed by atoms with van der Waals surface area (Å²) in [6.45, 7) is 4.91. The minimum absolute atomic E-state index is 0.621. The molecular weight excluding hydrogens is 194 g/mol. The third-order valence-corrected chi connectivity index (χ3v) is 1.85. The van der Waals surface area contributed by atoms with Gasteiger partial charge in [0.1, 0.15) is 0 Å². The van der Waals surface area contributed by atoms with Crippen LogP contribution in [0.4, 0.5) is 0 Å². The Balaban J connectivity index is 2.27. The van der Waals surface area contributed by atoms with Crippen LogP contribution < -0.4 is 10.6 Å². The van der Waals surface area contributed by atoms with Crippen LogP contribution in [0.3, 0.4) is 0 Å². The molecule has 3 nitrogen and oxygen atoms in total. The smallest absolute Gasteiger partial charge is 0.166 e. The highest BCUT2D eigenvalue weighted by molar-refractivity contribution is 7.80. The quantitative estimate of drug-likeness (QED) is 0.575. The molecule has 0 aliphatic carbocycles. The van der Waals surface area contributed by atoms with Crippen LogP contribution in [-0.2, 0) is 6.54 Å². The lowest BCUT2D eigenvalue weighted by molar-refractivity contribution is 0.844. The number of hydrogen-bond acceptors (Lipinski definition) is 2. The summed E-state index contributed by atoms with van der Waals surface area (Å²) in [6.07, 6.45) is 3.52. The molecular formula is C10H13N3S. The van der Waals surface area contributed by atoms with Crippen molar-refractivity contribution in [2.75, 3.05) is 6.54 Å². The first-order valence-electron chi connectivity index (χ1n) is 4.35. The van der Waals surface area contributed by atoms with Crippen LogP contribution in [0.2, 0.25) is 0 Å². The van der Waals surface area contributed by atoms with Crippen molar-refractivity contribution in [1.82, 2.24) is 15.6 Å². The Kier molecular flexibility index (Phi) is 4.64. The van der Waals surface area contributed by atoms with E-state index in [1.807, 2.05) is 18.2 Å². The molecule has 1 aromatic heterocycles. The first kappa shape index (κ1) is 10.7. The Morgan fingerprint density at radius 1 is 1.50 bits per heavy atom. The van der Waals surface area contributed by atoms with E-state index in [1.54, 1.807) is 12.3 Å². The molecule has 4 heteroatoms. The van der Waals surface area contributed by atoms with Crippen molar-refractivity contribution in [3.63, 3.8) is 0 Å². The fourth-order valence-electron chi connectivity index (χ4n) is 0.901. The molecule has 0 aromatic carbocycles. The number of aromatic nitrogens is 1. The monoisotopic (exact) mass is 207 g/mol.